The third-order valence-corrected chi connectivity index (χ3v) is 3.37. The van der Waals surface area contributed by atoms with Gasteiger partial charge < -0.3 is 5.73 Å². The van der Waals surface area contributed by atoms with Gasteiger partial charge in [0.2, 0.25) is 0 Å². The van der Waals surface area contributed by atoms with Gasteiger partial charge in [0.1, 0.15) is 0 Å². The summed E-state index contributed by atoms with van der Waals surface area (Å²) in [6, 6.07) is 0. The molecule has 0 bridgehead atoms. The zero-order valence-corrected chi connectivity index (χ0v) is 8.16. The van der Waals surface area contributed by atoms with Gasteiger partial charge in [-0.05, 0) is 26.2 Å². The van der Waals surface area contributed by atoms with Crippen LogP contribution in [0.4, 0.5) is 0 Å². The highest BCUT2D eigenvalue weighted by Gasteiger charge is 2.37. The minimum atomic E-state index is 0.180. The number of aryl methyl sites for hydroxylation is 2. The van der Waals surface area contributed by atoms with E-state index in [2.05, 4.69) is 11.9 Å². The largest absolute Gasteiger partial charge is 0.325 e. The third-order valence-electron chi connectivity index (χ3n) is 2.40. The molecule has 2 rings (SSSR count). The molecule has 66 valence electrons. The first-order valence-corrected chi connectivity index (χ1v) is 5.20. The molecular weight excluding hydrogens is 168 g/mol. The maximum absolute atomic E-state index is 5.98. The molecule has 3 heteroatoms. The molecule has 0 radical (unpaired) electrons. The van der Waals surface area contributed by atoms with Crippen molar-refractivity contribution >= 4 is 11.3 Å². The fourth-order valence-electron chi connectivity index (χ4n) is 1.28. The summed E-state index contributed by atoms with van der Waals surface area (Å²) in [6.07, 6.45) is 6.53. The van der Waals surface area contributed by atoms with E-state index < -0.39 is 0 Å². The molecule has 0 aliphatic heterocycles. The molecular formula is C9H14N2S. The van der Waals surface area contributed by atoms with Crippen molar-refractivity contribution in [3.05, 3.63) is 16.1 Å². The Labute approximate surface area is 76.8 Å². The number of nitrogens with two attached hydrogens (primary N) is 1. The molecule has 1 aromatic rings. The summed E-state index contributed by atoms with van der Waals surface area (Å²) in [5.41, 5.74) is 6.16. The highest BCUT2D eigenvalue weighted by molar-refractivity contribution is 7.11. The maximum atomic E-state index is 5.98. The minimum absolute atomic E-state index is 0.180. The lowest BCUT2D eigenvalue weighted by Gasteiger charge is -2.04. The summed E-state index contributed by atoms with van der Waals surface area (Å²) in [5.74, 6) is 0. The van der Waals surface area contributed by atoms with E-state index >= 15 is 0 Å². The molecule has 0 saturated heterocycles. The van der Waals surface area contributed by atoms with Crippen LogP contribution in [0.25, 0.3) is 0 Å². The second-order valence-electron chi connectivity index (χ2n) is 3.73. The molecule has 0 aromatic carbocycles. The summed E-state index contributed by atoms with van der Waals surface area (Å²) in [6.45, 7) is 2.09. The van der Waals surface area contributed by atoms with Crippen LogP contribution in [0.3, 0.4) is 0 Å². The van der Waals surface area contributed by atoms with E-state index in [4.69, 9.17) is 5.73 Å². The average molecular weight is 182 g/mol. The van der Waals surface area contributed by atoms with Crippen LogP contribution >= 0.6 is 11.3 Å². The van der Waals surface area contributed by atoms with Crippen molar-refractivity contribution in [2.45, 2.75) is 38.1 Å². The topological polar surface area (TPSA) is 38.9 Å². The van der Waals surface area contributed by atoms with Crippen molar-refractivity contribution in [2.24, 2.45) is 5.73 Å². The van der Waals surface area contributed by atoms with Crippen LogP contribution in [-0.4, -0.2) is 10.5 Å². The van der Waals surface area contributed by atoms with Gasteiger partial charge in [-0.15, -0.1) is 11.3 Å². The molecule has 0 amide bonds. The van der Waals surface area contributed by atoms with Crippen LogP contribution in [0.15, 0.2) is 6.20 Å². The number of aromatic nitrogens is 1. The second kappa shape index (κ2) is 2.82. The molecule has 1 saturated carbocycles. The lowest BCUT2D eigenvalue weighted by Crippen LogP contribution is -2.21. The molecule has 1 aliphatic carbocycles. The predicted molar refractivity (Wildman–Crippen MR) is 51.3 cm³/mol. The molecule has 1 heterocycles. The van der Waals surface area contributed by atoms with E-state index in [1.807, 2.05) is 6.20 Å². The highest BCUT2D eigenvalue weighted by atomic mass is 32.1. The lowest BCUT2D eigenvalue weighted by atomic mass is 10.1. The Kier molecular flexibility index (Phi) is 1.93. The normalized spacial score (nSPS) is 19.5. The molecule has 0 unspecified atom stereocenters. The van der Waals surface area contributed by atoms with Gasteiger partial charge in [-0.1, -0.05) is 0 Å². The van der Waals surface area contributed by atoms with E-state index in [0.29, 0.717) is 0 Å². The third kappa shape index (κ3) is 1.84. The highest BCUT2D eigenvalue weighted by Crippen LogP contribution is 2.36. The van der Waals surface area contributed by atoms with E-state index in [0.717, 1.165) is 12.8 Å². The van der Waals surface area contributed by atoms with Gasteiger partial charge in [-0.3, -0.25) is 0 Å². The predicted octanol–water partition coefficient (Wildman–Crippen LogP) is 1.88. The van der Waals surface area contributed by atoms with Gasteiger partial charge in [0, 0.05) is 23.0 Å². The fourth-order valence-corrected chi connectivity index (χ4v) is 2.07. The second-order valence-corrected chi connectivity index (χ2v) is 5.05. The van der Waals surface area contributed by atoms with Crippen LogP contribution in [0.5, 0.6) is 0 Å². The van der Waals surface area contributed by atoms with Crippen molar-refractivity contribution in [3.63, 3.8) is 0 Å². The molecule has 1 aliphatic rings. The van der Waals surface area contributed by atoms with Gasteiger partial charge >= 0.3 is 0 Å². The molecule has 1 fully saturated rings. The Bertz CT molecular complexity index is 276. The Morgan fingerprint density at radius 2 is 2.42 bits per heavy atom. The summed E-state index contributed by atoms with van der Waals surface area (Å²) >= 11 is 1.79. The van der Waals surface area contributed by atoms with Crippen LogP contribution in [-0.2, 0) is 6.42 Å². The zero-order valence-electron chi connectivity index (χ0n) is 7.34. The van der Waals surface area contributed by atoms with Gasteiger partial charge in [0.15, 0.2) is 0 Å². The van der Waals surface area contributed by atoms with Crippen LogP contribution in [0, 0.1) is 6.92 Å². The molecule has 0 atom stereocenters. The zero-order chi connectivity index (χ0) is 8.60. The number of hydrogen-bond acceptors (Lipinski definition) is 3. The molecule has 0 spiro atoms. The summed E-state index contributed by atoms with van der Waals surface area (Å²) in [5, 5.41) is 1.24. The fraction of sp³-hybridized carbons (Fsp3) is 0.667. The minimum Gasteiger partial charge on any atom is -0.325 e. The maximum Gasteiger partial charge on any atom is 0.0928 e. The Hall–Kier alpha value is -0.410. The van der Waals surface area contributed by atoms with E-state index in [9.17, 15) is 0 Å². The van der Waals surface area contributed by atoms with Gasteiger partial charge in [-0.2, -0.15) is 0 Å². The lowest BCUT2D eigenvalue weighted by molar-refractivity contribution is 0.608. The first kappa shape index (κ1) is 8.20. The van der Waals surface area contributed by atoms with E-state index in [-0.39, 0.29) is 5.54 Å². The van der Waals surface area contributed by atoms with Gasteiger partial charge in [0.25, 0.3) is 0 Å². The standard InChI is InChI=1S/C9H14N2S/c1-7-6-11-8(12-7)2-3-9(10)4-5-9/h6H,2-5,10H2,1H3. The van der Waals surface area contributed by atoms with Crippen molar-refractivity contribution in [1.82, 2.24) is 4.98 Å². The first-order chi connectivity index (χ1) is 5.68. The SMILES string of the molecule is Cc1cnc(CCC2(N)CC2)s1. The Morgan fingerprint density at radius 1 is 1.67 bits per heavy atom. The molecule has 1 aromatic heterocycles. The van der Waals surface area contributed by atoms with Crippen molar-refractivity contribution in [1.29, 1.82) is 0 Å². The summed E-state index contributed by atoms with van der Waals surface area (Å²) in [4.78, 5) is 5.61. The van der Waals surface area contributed by atoms with Crippen molar-refractivity contribution in [3.8, 4) is 0 Å². The smallest absolute Gasteiger partial charge is 0.0928 e. The monoisotopic (exact) mass is 182 g/mol. The number of nitrogens with zero attached hydrogens (tertiary/aromatic N) is 1. The average Bonchev–Trinajstić information content (AvgIpc) is 2.60. The van der Waals surface area contributed by atoms with Crippen LogP contribution in [0.2, 0.25) is 0 Å². The van der Waals surface area contributed by atoms with Crippen molar-refractivity contribution in [2.75, 3.05) is 0 Å². The van der Waals surface area contributed by atoms with Crippen LogP contribution < -0.4 is 5.73 Å². The molecule has 2 N–H and O–H groups in total. The number of hydrogen-bond donors (Lipinski definition) is 1. The molecule has 12 heavy (non-hydrogen) atoms. The quantitative estimate of drug-likeness (QED) is 0.775. The first-order valence-electron chi connectivity index (χ1n) is 4.38. The summed E-state index contributed by atoms with van der Waals surface area (Å²) < 4.78 is 0. The van der Waals surface area contributed by atoms with Crippen LogP contribution in [0.1, 0.15) is 29.1 Å². The van der Waals surface area contributed by atoms with Crippen molar-refractivity contribution < 1.29 is 0 Å². The van der Waals surface area contributed by atoms with Gasteiger partial charge in [-0.25, -0.2) is 4.98 Å². The van der Waals surface area contributed by atoms with E-state index in [1.54, 1.807) is 11.3 Å². The number of thiazole rings is 1. The van der Waals surface area contributed by atoms with Gasteiger partial charge in [0.05, 0.1) is 5.01 Å². The Morgan fingerprint density at radius 3 is 2.92 bits per heavy atom. The number of rotatable bonds is 3. The Balaban J connectivity index is 1.87. The molecule has 2 nitrogen and oxygen atoms in total. The van der Waals surface area contributed by atoms with E-state index in [1.165, 1.54) is 22.7 Å². The summed E-state index contributed by atoms with van der Waals surface area (Å²) in [7, 11) is 0.